The van der Waals surface area contributed by atoms with Gasteiger partial charge in [0.15, 0.2) is 0 Å². The van der Waals surface area contributed by atoms with Crippen LogP contribution in [0.4, 0.5) is 4.79 Å². The maximum absolute atomic E-state index is 12.2. The van der Waals surface area contributed by atoms with Crippen molar-refractivity contribution in [3.8, 4) is 0 Å². The molecule has 1 aliphatic heterocycles. The fourth-order valence-corrected chi connectivity index (χ4v) is 3.83. The monoisotopic (exact) mass is 360 g/mol. The molecule has 1 amide bonds. The lowest BCUT2D eigenvalue weighted by molar-refractivity contribution is 0.00737. The first-order valence-corrected chi connectivity index (χ1v) is 9.30. The predicted octanol–water partition coefficient (Wildman–Crippen LogP) is 2.38. The number of nitrogens with zero attached hydrogens (tertiary/aromatic N) is 1. The third-order valence-corrected chi connectivity index (χ3v) is 4.94. The van der Waals surface area contributed by atoms with Crippen molar-refractivity contribution in [3.63, 3.8) is 0 Å². The molecule has 1 aliphatic rings. The van der Waals surface area contributed by atoms with Gasteiger partial charge in [0.25, 0.3) is 0 Å². The highest BCUT2D eigenvalue weighted by molar-refractivity contribution is 7.88. The second-order valence-electron chi connectivity index (χ2n) is 6.55. The molecule has 8 heteroatoms. The van der Waals surface area contributed by atoms with Crippen molar-refractivity contribution in [1.82, 2.24) is 9.62 Å². The third kappa shape index (κ3) is 5.37. The minimum absolute atomic E-state index is 0.185. The minimum Gasteiger partial charge on any atom is -0.444 e. The van der Waals surface area contributed by atoms with E-state index >= 15 is 0 Å². The Balaban J connectivity index is 1.85. The molecule has 0 saturated carbocycles. The Labute approximate surface area is 141 Å². The molecule has 6 nitrogen and oxygen atoms in total. The van der Waals surface area contributed by atoms with Crippen LogP contribution in [0.3, 0.4) is 0 Å². The molecule has 2 rings (SSSR count). The van der Waals surface area contributed by atoms with E-state index in [-0.39, 0.29) is 11.8 Å². The van der Waals surface area contributed by atoms with Gasteiger partial charge in [-0.15, -0.1) is 0 Å². The van der Waals surface area contributed by atoms with Crippen LogP contribution in [-0.2, 0) is 20.5 Å². The third-order valence-electron chi connectivity index (χ3n) is 3.18. The highest BCUT2D eigenvalue weighted by Crippen LogP contribution is 2.19. The fourth-order valence-electron chi connectivity index (χ4n) is 2.14. The molecule has 0 bridgehead atoms. The van der Waals surface area contributed by atoms with Crippen LogP contribution in [0.5, 0.6) is 0 Å². The van der Waals surface area contributed by atoms with Gasteiger partial charge in [0.2, 0.25) is 10.0 Å². The van der Waals surface area contributed by atoms with E-state index in [2.05, 4.69) is 4.72 Å². The molecule has 0 atom stereocenters. The van der Waals surface area contributed by atoms with E-state index in [1.54, 1.807) is 45.0 Å². The van der Waals surface area contributed by atoms with E-state index in [1.807, 2.05) is 0 Å². The summed E-state index contributed by atoms with van der Waals surface area (Å²) in [5, 5.41) is 0.418. The Bertz CT molecular complexity index is 679. The SMILES string of the molecule is CC(C)(C)OC(=O)N1CC(NS(=O)(=O)Cc2ccccc2Cl)C1. The number of amides is 1. The van der Waals surface area contributed by atoms with Crippen LogP contribution in [0.15, 0.2) is 24.3 Å². The first-order valence-electron chi connectivity index (χ1n) is 7.27. The average Bonchev–Trinajstić information content (AvgIpc) is 2.33. The number of likely N-dealkylation sites (tertiary alicyclic amines) is 1. The Morgan fingerprint density at radius 2 is 1.96 bits per heavy atom. The highest BCUT2D eigenvalue weighted by atomic mass is 35.5. The van der Waals surface area contributed by atoms with E-state index in [0.29, 0.717) is 23.7 Å². The first-order chi connectivity index (χ1) is 10.6. The van der Waals surface area contributed by atoms with Gasteiger partial charge in [-0.05, 0) is 32.4 Å². The number of benzene rings is 1. The second kappa shape index (κ2) is 6.67. The zero-order valence-corrected chi connectivity index (χ0v) is 14.9. The van der Waals surface area contributed by atoms with Crippen LogP contribution in [0, 0.1) is 0 Å². The maximum atomic E-state index is 12.2. The topological polar surface area (TPSA) is 75.7 Å². The molecule has 1 saturated heterocycles. The zero-order valence-electron chi connectivity index (χ0n) is 13.4. The van der Waals surface area contributed by atoms with Crippen molar-refractivity contribution in [3.05, 3.63) is 34.9 Å². The second-order valence-corrected chi connectivity index (χ2v) is 8.71. The summed E-state index contributed by atoms with van der Waals surface area (Å²) in [6, 6.07) is 6.52. The molecule has 0 aromatic heterocycles. The van der Waals surface area contributed by atoms with E-state index in [9.17, 15) is 13.2 Å². The molecule has 1 heterocycles. The summed E-state index contributed by atoms with van der Waals surface area (Å²) >= 11 is 5.98. The number of carbonyl (C=O) groups is 1. The summed E-state index contributed by atoms with van der Waals surface area (Å²) in [6.07, 6.45) is -0.431. The molecule has 128 valence electrons. The summed E-state index contributed by atoms with van der Waals surface area (Å²) in [6.45, 7) is 5.96. The summed E-state index contributed by atoms with van der Waals surface area (Å²) in [5.74, 6) is -0.185. The van der Waals surface area contributed by atoms with E-state index in [0.717, 1.165) is 0 Å². The van der Waals surface area contributed by atoms with Gasteiger partial charge in [-0.25, -0.2) is 17.9 Å². The Kier molecular flexibility index (Phi) is 5.23. The Morgan fingerprint density at radius 1 is 1.35 bits per heavy atom. The van der Waals surface area contributed by atoms with Crippen molar-refractivity contribution in [2.24, 2.45) is 0 Å². The zero-order chi connectivity index (χ0) is 17.3. The summed E-state index contributed by atoms with van der Waals surface area (Å²) in [5.41, 5.74) is -0.0175. The van der Waals surface area contributed by atoms with Crippen molar-refractivity contribution in [2.45, 2.75) is 38.2 Å². The number of halogens is 1. The molecule has 0 radical (unpaired) electrons. The molecule has 1 aromatic rings. The number of hydrogen-bond donors (Lipinski definition) is 1. The van der Waals surface area contributed by atoms with Crippen molar-refractivity contribution in [2.75, 3.05) is 13.1 Å². The van der Waals surface area contributed by atoms with Gasteiger partial charge >= 0.3 is 6.09 Å². The largest absolute Gasteiger partial charge is 0.444 e. The Hall–Kier alpha value is -1.31. The number of carbonyl (C=O) groups excluding carboxylic acids is 1. The molecule has 0 unspecified atom stereocenters. The quantitative estimate of drug-likeness (QED) is 0.894. The van der Waals surface area contributed by atoms with Gasteiger partial charge in [-0.2, -0.15) is 0 Å². The van der Waals surface area contributed by atoms with Gasteiger partial charge < -0.3 is 9.64 Å². The van der Waals surface area contributed by atoms with Gasteiger partial charge in [-0.3, -0.25) is 0 Å². The smallest absolute Gasteiger partial charge is 0.410 e. The van der Waals surface area contributed by atoms with Gasteiger partial charge in [0, 0.05) is 18.1 Å². The Morgan fingerprint density at radius 3 is 2.52 bits per heavy atom. The minimum atomic E-state index is -3.51. The maximum Gasteiger partial charge on any atom is 0.410 e. The summed E-state index contributed by atoms with van der Waals surface area (Å²) in [7, 11) is -3.51. The number of nitrogens with one attached hydrogen (secondary N) is 1. The normalized spacial score (nSPS) is 16.1. The van der Waals surface area contributed by atoms with E-state index in [4.69, 9.17) is 16.3 Å². The van der Waals surface area contributed by atoms with E-state index < -0.39 is 21.7 Å². The molecule has 1 fully saturated rings. The molecule has 0 aliphatic carbocycles. The number of hydrogen-bond acceptors (Lipinski definition) is 4. The standard InChI is InChI=1S/C15H21ClN2O4S/c1-15(2,3)22-14(19)18-8-12(9-18)17-23(20,21)10-11-6-4-5-7-13(11)16/h4-7,12,17H,8-10H2,1-3H3. The predicted molar refractivity (Wildman–Crippen MR) is 88.8 cm³/mol. The number of rotatable bonds is 4. The van der Waals surface area contributed by atoms with Crippen LogP contribution in [0.2, 0.25) is 5.02 Å². The molecule has 1 aromatic carbocycles. The molecular formula is C15H21ClN2O4S. The summed E-state index contributed by atoms with van der Waals surface area (Å²) < 4.78 is 32.1. The summed E-state index contributed by atoms with van der Waals surface area (Å²) in [4.78, 5) is 13.3. The van der Waals surface area contributed by atoms with Crippen LogP contribution in [-0.4, -0.2) is 44.1 Å². The molecule has 0 spiro atoms. The van der Waals surface area contributed by atoms with Crippen molar-refractivity contribution < 1.29 is 17.9 Å². The molecular weight excluding hydrogens is 340 g/mol. The van der Waals surface area contributed by atoms with Crippen LogP contribution < -0.4 is 4.72 Å². The van der Waals surface area contributed by atoms with Crippen molar-refractivity contribution >= 4 is 27.7 Å². The number of sulfonamides is 1. The molecule has 1 N–H and O–H groups in total. The van der Waals surface area contributed by atoms with Gasteiger partial charge in [0.05, 0.1) is 11.8 Å². The van der Waals surface area contributed by atoms with Gasteiger partial charge in [0.1, 0.15) is 5.60 Å². The van der Waals surface area contributed by atoms with Crippen molar-refractivity contribution in [1.29, 1.82) is 0 Å². The first kappa shape index (κ1) is 18.0. The average molecular weight is 361 g/mol. The van der Waals surface area contributed by atoms with Crippen LogP contribution in [0.25, 0.3) is 0 Å². The van der Waals surface area contributed by atoms with Crippen LogP contribution >= 0.6 is 11.6 Å². The lowest BCUT2D eigenvalue weighted by atomic mass is 10.1. The van der Waals surface area contributed by atoms with E-state index in [1.165, 1.54) is 4.90 Å². The van der Waals surface area contributed by atoms with Crippen LogP contribution in [0.1, 0.15) is 26.3 Å². The highest BCUT2D eigenvalue weighted by Gasteiger charge is 2.35. The fraction of sp³-hybridized carbons (Fsp3) is 0.533. The lowest BCUT2D eigenvalue weighted by Gasteiger charge is -2.39. The lowest BCUT2D eigenvalue weighted by Crippen LogP contribution is -2.61. The number of ether oxygens (including phenoxy) is 1. The van der Waals surface area contributed by atoms with Gasteiger partial charge in [-0.1, -0.05) is 29.8 Å². The molecule has 23 heavy (non-hydrogen) atoms.